The molecule has 2 N–H and O–H groups in total. The molecule has 0 saturated carbocycles. The Bertz CT molecular complexity index is 874. The van der Waals surface area contributed by atoms with Crippen molar-refractivity contribution in [3.8, 4) is 11.3 Å². The van der Waals surface area contributed by atoms with E-state index in [-0.39, 0.29) is 5.56 Å². The largest absolute Gasteiger partial charge is 0.478 e. The Kier molecular flexibility index (Phi) is 4.92. The number of halogens is 2. The van der Waals surface area contributed by atoms with Crippen molar-refractivity contribution < 1.29 is 14.3 Å². The van der Waals surface area contributed by atoms with Crippen molar-refractivity contribution in [2.75, 3.05) is 5.32 Å². The van der Waals surface area contributed by atoms with Gasteiger partial charge in [-0.1, -0.05) is 27.5 Å². The first-order chi connectivity index (χ1) is 11.5. The molecule has 1 heterocycles. The first-order valence-electron chi connectivity index (χ1n) is 7.14. The summed E-state index contributed by atoms with van der Waals surface area (Å²) in [5.74, 6) is 0.514. The van der Waals surface area contributed by atoms with Crippen molar-refractivity contribution in [2.45, 2.75) is 6.54 Å². The molecule has 6 heteroatoms. The van der Waals surface area contributed by atoms with E-state index in [2.05, 4.69) is 21.2 Å². The summed E-state index contributed by atoms with van der Waals surface area (Å²) in [7, 11) is 0. The van der Waals surface area contributed by atoms with Crippen LogP contribution >= 0.6 is 27.5 Å². The molecule has 0 aliphatic heterocycles. The number of rotatable bonds is 5. The molecule has 4 nitrogen and oxygen atoms in total. The number of hydrogen-bond acceptors (Lipinski definition) is 3. The van der Waals surface area contributed by atoms with Gasteiger partial charge in [0, 0.05) is 15.7 Å². The van der Waals surface area contributed by atoms with Crippen LogP contribution < -0.4 is 5.32 Å². The van der Waals surface area contributed by atoms with Crippen LogP contribution in [0.25, 0.3) is 11.3 Å². The lowest BCUT2D eigenvalue weighted by molar-refractivity contribution is 0.0697. The highest BCUT2D eigenvalue weighted by Crippen LogP contribution is 2.31. The average Bonchev–Trinajstić information content (AvgIpc) is 3.02. The Labute approximate surface area is 152 Å². The predicted octanol–water partition coefficient (Wildman–Crippen LogP) is 5.67. The van der Waals surface area contributed by atoms with E-state index in [1.54, 1.807) is 24.3 Å². The van der Waals surface area contributed by atoms with Crippen LogP contribution in [0.1, 0.15) is 16.1 Å². The molecule has 0 aliphatic carbocycles. The van der Waals surface area contributed by atoms with E-state index in [0.29, 0.717) is 17.3 Å². The summed E-state index contributed by atoms with van der Waals surface area (Å²) >= 11 is 9.61. The van der Waals surface area contributed by atoms with Crippen molar-refractivity contribution in [1.29, 1.82) is 0 Å². The SMILES string of the molecule is O=C(O)c1ccc(NCc2ccc(-c3ccc(Br)cc3Cl)o2)cc1. The third-order valence-electron chi connectivity index (χ3n) is 3.46. The number of hydrogen-bond donors (Lipinski definition) is 2. The zero-order valence-corrected chi connectivity index (χ0v) is 14.8. The summed E-state index contributed by atoms with van der Waals surface area (Å²) in [6, 6.07) is 15.9. The van der Waals surface area contributed by atoms with Crippen LogP contribution in [0.3, 0.4) is 0 Å². The van der Waals surface area contributed by atoms with Gasteiger partial charge in [-0.3, -0.25) is 0 Å². The van der Waals surface area contributed by atoms with Gasteiger partial charge in [-0.2, -0.15) is 0 Å². The maximum absolute atomic E-state index is 10.8. The standard InChI is InChI=1S/C18H13BrClNO3/c19-12-3-7-15(16(20)9-12)17-8-6-14(24-17)10-21-13-4-1-11(2-5-13)18(22)23/h1-9,21H,10H2,(H,22,23). The van der Waals surface area contributed by atoms with Crippen LogP contribution in [0.5, 0.6) is 0 Å². The Balaban J connectivity index is 1.69. The Morgan fingerprint density at radius 2 is 1.88 bits per heavy atom. The number of benzene rings is 2. The van der Waals surface area contributed by atoms with Gasteiger partial charge < -0.3 is 14.8 Å². The number of carboxylic acid groups (broad SMARTS) is 1. The van der Waals surface area contributed by atoms with Gasteiger partial charge in [0.1, 0.15) is 11.5 Å². The summed E-state index contributed by atoms with van der Waals surface area (Å²) in [6.45, 7) is 0.487. The van der Waals surface area contributed by atoms with Gasteiger partial charge in [-0.05, 0) is 54.6 Å². The molecule has 122 valence electrons. The summed E-state index contributed by atoms with van der Waals surface area (Å²) in [5.41, 5.74) is 1.90. The second kappa shape index (κ2) is 7.11. The molecule has 3 rings (SSSR count). The molecule has 0 spiro atoms. The zero-order chi connectivity index (χ0) is 17.1. The second-order valence-corrected chi connectivity index (χ2v) is 6.45. The van der Waals surface area contributed by atoms with E-state index >= 15 is 0 Å². The maximum atomic E-state index is 10.8. The molecule has 0 unspecified atom stereocenters. The van der Waals surface area contributed by atoms with Gasteiger partial charge in [0.15, 0.2) is 0 Å². The molecule has 0 atom stereocenters. The van der Waals surface area contributed by atoms with E-state index in [1.807, 2.05) is 30.3 Å². The number of furan rings is 1. The topological polar surface area (TPSA) is 62.5 Å². The molecule has 2 aromatic carbocycles. The molecule has 0 saturated heterocycles. The van der Waals surface area contributed by atoms with Crippen LogP contribution in [0.15, 0.2) is 63.5 Å². The average molecular weight is 407 g/mol. The number of carbonyl (C=O) groups is 1. The fraction of sp³-hybridized carbons (Fsp3) is 0.0556. The van der Waals surface area contributed by atoms with E-state index in [4.69, 9.17) is 21.1 Å². The van der Waals surface area contributed by atoms with Crippen LogP contribution in [0.4, 0.5) is 5.69 Å². The molecular formula is C18H13BrClNO3. The zero-order valence-electron chi connectivity index (χ0n) is 12.4. The minimum absolute atomic E-state index is 0.255. The summed E-state index contributed by atoms with van der Waals surface area (Å²) in [4.78, 5) is 10.8. The Morgan fingerprint density at radius 1 is 1.12 bits per heavy atom. The lowest BCUT2D eigenvalue weighted by atomic mass is 10.2. The fourth-order valence-electron chi connectivity index (χ4n) is 2.23. The van der Waals surface area contributed by atoms with Crippen LogP contribution in [0.2, 0.25) is 5.02 Å². The van der Waals surface area contributed by atoms with Gasteiger partial charge in [-0.25, -0.2) is 4.79 Å². The summed E-state index contributed by atoms with van der Waals surface area (Å²) in [6.07, 6.45) is 0. The molecule has 0 fully saturated rings. The quantitative estimate of drug-likeness (QED) is 0.573. The molecule has 24 heavy (non-hydrogen) atoms. The molecule has 3 aromatic rings. The van der Waals surface area contributed by atoms with Crippen LogP contribution in [-0.4, -0.2) is 11.1 Å². The van der Waals surface area contributed by atoms with E-state index in [1.165, 1.54) is 0 Å². The lowest BCUT2D eigenvalue weighted by Crippen LogP contribution is -2.00. The Morgan fingerprint density at radius 3 is 2.54 bits per heavy atom. The van der Waals surface area contributed by atoms with E-state index in [9.17, 15) is 4.79 Å². The highest BCUT2D eigenvalue weighted by molar-refractivity contribution is 9.10. The summed E-state index contributed by atoms with van der Waals surface area (Å²) < 4.78 is 6.73. The van der Waals surface area contributed by atoms with Crippen LogP contribution in [-0.2, 0) is 6.54 Å². The van der Waals surface area contributed by atoms with Gasteiger partial charge in [-0.15, -0.1) is 0 Å². The van der Waals surface area contributed by atoms with Gasteiger partial charge in [0.25, 0.3) is 0 Å². The van der Waals surface area contributed by atoms with Crippen molar-refractivity contribution in [1.82, 2.24) is 0 Å². The van der Waals surface area contributed by atoms with Crippen molar-refractivity contribution in [2.24, 2.45) is 0 Å². The van der Waals surface area contributed by atoms with E-state index in [0.717, 1.165) is 21.5 Å². The maximum Gasteiger partial charge on any atom is 0.335 e. The predicted molar refractivity (Wildman–Crippen MR) is 97.6 cm³/mol. The van der Waals surface area contributed by atoms with Gasteiger partial charge in [0.05, 0.1) is 17.1 Å². The normalized spacial score (nSPS) is 10.6. The van der Waals surface area contributed by atoms with Crippen molar-refractivity contribution in [3.05, 3.63) is 75.4 Å². The molecule has 0 bridgehead atoms. The molecule has 0 aliphatic rings. The van der Waals surface area contributed by atoms with Crippen molar-refractivity contribution in [3.63, 3.8) is 0 Å². The smallest absolute Gasteiger partial charge is 0.335 e. The van der Waals surface area contributed by atoms with Crippen LogP contribution in [0, 0.1) is 0 Å². The number of anilines is 1. The third kappa shape index (κ3) is 3.80. The molecule has 0 radical (unpaired) electrons. The fourth-order valence-corrected chi connectivity index (χ4v) is 2.99. The van der Waals surface area contributed by atoms with E-state index < -0.39 is 5.97 Å². The highest BCUT2D eigenvalue weighted by Gasteiger charge is 2.09. The first-order valence-corrected chi connectivity index (χ1v) is 8.31. The second-order valence-electron chi connectivity index (χ2n) is 5.13. The van der Waals surface area contributed by atoms with Gasteiger partial charge >= 0.3 is 5.97 Å². The lowest BCUT2D eigenvalue weighted by Gasteiger charge is -2.05. The third-order valence-corrected chi connectivity index (χ3v) is 4.26. The minimum atomic E-state index is -0.941. The van der Waals surface area contributed by atoms with Crippen molar-refractivity contribution >= 4 is 39.2 Å². The molecule has 0 amide bonds. The monoisotopic (exact) mass is 405 g/mol. The summed E-state index contributed by atoms with van der Waals surface area (Å²) in [5, 5.41) is 12.7. The number of aromatic carboxylic acids is 1. The molecular weight excluding hydrogens is 394 g/mol. The number of nitrogens with one attached hydrogen (secondary N) is 1. The first kappa shape index (κ1) is 16.6. The minimum Gasteiger partial charge on any atom is -0.478 e. The van der Waals surface area contributed by atoms with Gasteiger partial charge in [0.2, 0.25) is 0 Å². The number of carboxylic acids is 1. The Hall–Kier alpha value is -2.24. The molecule has 1 aromatic heterocycles. The highest BCUT2D eigenvalue weighted by atomic mass is 79.9.